The second-order valence-electron chi connectivity index (χ2n) is 3.60. The zero-order chi connectivity index (χ0) is 11.5. The van der Waals surface area contributed by atoms with E-state index in [1.54, 1.807) is 10.6 Å². The van der Waals surface area contributed by atoms with Crippen molar-refractivity contribution in [3.8, 4) is 0 Å². The highest BCUT2D eigenvalue weighted by molar-refractivity contribution is 6.29. The number of aliphatic hydroxyl groups is 1. The Morgan fingerprint density at radius 1 is 1.62 bits per heavy atom. The number of rotatable bonds is 4. The first-order valence-electron chi connectivity index (χ1n) is 4.91. The fourth-order valence-corrected chi connectivity index (χ4v) is 1.43. The fourth-order valence-electron chi connectivity index (χ4n) is 1.25. The normalized spacial score (nSPS) is 12.9. The molecule has 0 amide bonds. The van der Waals surface area contributed by atoms with E-state index in [9.17, 15) is 0 Å². The molecule has 0 fully saturated rings. The van der Waals surface area contributed by atoms with Crippen molar-refractivity contribution in [2.24, 2.45) is 5.92 Å². The summed E-state index contributed by atoms with van der Waals surface area (Å²) in [4.78, 5) is 7.96. The minimum Gasteiger partial charge on any atom is -0.396 e. The van der Waals surface area contributed by atoms with E-state index in [-0.39, 0.29) is 12.5 Å². The van der Waals surface area contributed by atoms with Crippen molar-refractivity contribution < 1.29 is 5.11 Å². The van der Waals surface area contributed by atoms with E-state index < -0.39 is 0 Å². The van der Waals surface area contributed by atoms with E-state index in [1.807, 2.05) is 6.92 Å². The molecule has 1 unspecified atom stereocenters. The van der Waals surface area contributed by atoms with E-state index in [0.29, 0.717) is 23.3 Å². The topological polar surface area (TPSA) is 75.3 Å². The van der Waals surface area contributed by atoms with Crippen molar-refractivity contribution >= 4 is 23.2 Å². The Hall–Kier alpha value is -1.40. The third-order valence-electron chi connectivity index (χ3n) is 2.16. The monoisotopic (exact) mass is 241 g/mol. The molecule has 2 aromatic heterocycles. The van der Waals surface area contributed by atoms with E-state index in [4.69, 9.17) is 16.7 Å². The third kappa shape index (κ3) is 2.23. The molecule has 0 radical (unpaired) electrons. The van der Waals surface area contributed by atoms with Crippen LogP contribution in [0.15, 0.2) is 12.4 Å². The quantitative estimate of drug-likeness (QED) is 0.775. The maximum Gasteiger partial charge on any atom is 0.255 e. The molecule has 1 atom stereocenters. The van der Waals surface area contributed by atoms with Gasteiger partial charge in [0.15, 0.2) is 0 Å². The summed E-state index contributed by atoms with van der Waals surface area (Å²) in [5, 5.41) is 16.5. The minimum absolute atomic E-state index is 0.131. The van der Waals surface area contributed by atoms with Gasteiger partial charge in [0, 0.05) is 19.2 Å². The van der Waals surface area contributed by atoms with Crippen molar-refractivity contribution in [2.45, 2.75) is 6.92 Å². The molecule has 0 bridgehead atoms. The summed E-state index contributed by atoms with van der Waals surface area (Å²) in [7, 11) is 0. The van der Waals surface area contributed by atoms with E-state index in [2.05, 4.69) is 20.4 Å². The van der Waals surface area contributed by atoms with Gasteiger partial charge in [-0.1, -0.05) is 18.5 Å². The molecule has 2 N–H and O–H groups in total. The lowest BCUT2D eigenvalue weighted by atomic mass is 10.2. The Morgan fingerprint density at radius 3 is 3.19 bits per heavy atom. The van der Waals surface area contributed by atoms with Gasteiger partial charge in [0.25, 0.3) is 5.78 Å². The van der Waals surface area contributed by atoms with Crippen LogP contribution >= 0.6 is 11.6 Å². The van der Waals surface area contributed by atoms with Gasteiger partial charge in [-0.25, -0.2) is 0 Å². The Kier molecular flexibility index (Phi) is 3.21. The molecule has 16 heavy (non-hydrogen) atoms. The predicted molar refractivity (Wildman–Crippen MR) is 60.5 cm³/mol. The number of aliphatic hydroxyl groups excluding tert-OH is 1. The smallest absolute Gasteiger partial charge is 0.255 e. The van der Waals surface area contributed by atoms with Crippen LogP contribution in [0.2, 0.25) is 5.15 Å². The highest BCUT2D eigenvalue weighted by atomic mass is 35.5. The number of nitrogens with zero attached hydrogens (tertiary/aromatic N) is 4. The lowest BCUT2D eigenvalue weighted by Gasteiger charge is -2.11. The number of hydrogen-bond donors (Lipinski definition) is 2. The number of fused-ring (bicyclic) bond motifs is 1. The molecular weight excluding hydrogens is 230 g/mol. The van der Waals surface area contributed by atoms with Crippen LogP contribution in [-0.2, 0) is 0 Å². The Bertz CT molecular complexity index is 486. The molecule has 0 aliphatic rings. The van der Waals surface area contributed by atoms with Crippen molar-refractivity contribution in [3.63, 3.8) is 0 Å². The van der Waals surface area contributed by atoms with Crippen LogP contribution in [0.1, 0.15) is 6.92 Å². The second-order valence-corrected chi connectivity index (χ2v) is 3.99. The van der Waals surface area contributed by atoms with Crippen LogP contribution in [0.5, 0.6) is 0 Å². The first kappa shape index (κ1) is 11.1. The molecule has 7 heteroatoms. The van der Waals surface area contributed by atoms with Crippen LogP contribution < -0.4 is 5.32 Å². The molecule has 86 valence electrons. The molecular formula is C9H12ClN5O. The van der Waals surface area contributed by atoms with Gasteiger partial charge in [0.1, 0.15) is 17.3 Å². The molecule has 2 aromatic rings. The molecule has 0 spiro atoms. The number of nitrogens with one attached hydrogen (secondary N) is 1. The van der Waals surface area contributed by atoms with Gasteiger partial charge in [0.2, 0.25) is 0 Å². The van der Waals surface area contributed by atoms with Gasteiger partial charge in [-0.05, 0) is 5.92 Å². The first-order valence-corrected chi connectivity index (χ1v) is 5.29. The Labute approximate surface area is 97.3 Å². The average Bonchev–Trinajstić information content (AvgIpc) is 2.73. The highest BCUT2D eigenvalue weighted by Crippen LogP contribution is 2.14. The third-order valence-corrected chi connectivity index (χ3v) is 2.36. The van der Waals surface area contributed by atoms with Gasteiger partial charge < -0.3 is 10.4 Å². The molecule has 6 nitrogen and oxygen atoms in total. The predicted octanol–water partition coefficient (Wildman–Crippen LogP) is 0.818. The summed E-state index contributed by atoms with van der Waals surface area (Å²) < 4.78 is 1.57. The van der Waals surface area contributed by atoms with Crippen LogP contribution in [0.4, 0.5) is 5.82 Å². The number of anilines is 1. The van der Waals surface area contributed by atoms with Gasteiger partial charge in [0.05, 0.1) is 0 Å². The van der Waals surface area contributed by atoms with Crippen molar-refractivity contribution in [1.82, 2.24) is 19.6 Å². The molecule has 2 heterocycles. The second kappa shape index (κ2) is 4.63. The maximum absolute atomic E-state index is 8.93. The number of aromatic nitrogens is 4. The summed E-state index contributed by atoms with van der Waals surface area (Å²) in [6.45, 7) is 2.70. The molecule has 0 aliphatic heterocycles. The van der Waals surface area contributed by atoms with Crippen molar-refractivity contribution in [1.29, 1.82) is 0 Å². The lowest BCUT2D eigenvalue weighted by molar-refractivity contribution is 0.244. The maximum atomic E-state index is 8.93. The van der Waals surface area contributed by atoms with Crippen LogP contribution in [0.25, 0.3) is 5.78 Å². The van der Waals surface area contributed by atoms with Crippen molar-refractivity contribution in [3.05, 3.63) is 17.5 Å². The van der Waals surface area contributed by atoms with Crippen molar-refractivity contribution in [2.75, 3.05) is 18.5 Å². The van der Waals surface area contributed by atoms with Gasteiger partial charge in [-0.2, -0.15) is 19.6 Å². The van der Waals surface area contributed by atoms with Gasteiger partial charge >= 0.3 is 0 Å². The number of halogens is 1. The first-order chi connectivity index (χ1) is 7.70. The summed E-state index contributed by atoms with van der Waals surface area (Å²) in [5.74, 6) is 1.32. The summed E-state index contributed by atoms with van der Waals surface area (Å²) in [6, 6.07) is 1.67. The standard InChI is InChI=1S/C9H12ClN5O/c1-6(4-16)3-11-8-2-7(10)14-9-12-5-13-15(8)9/h2,5-6,11,16H,3-4H2,1H3. The summed E-state index contributed by atoms with van der Waals surface area (Å²) >= 11 is 5.85. The molecule has 0 aliphatic carbocycles. The molecule has 0 aromatic carbocycles. The van der Waals surface area contributed by atoms with Crippen LogP contribution in [0, 0.1) is 5.92 Å². The SMILES string of the molecule is CC(CO)CNc1cc(Cl)nc2ncnn12. The van der Waals surface area contributed by atoms with Gasteiger partial charge in [-0.3, -0.25) is 0 Å². The molecule has 0 saturated heterocycles. The zero-order valence-corrected chi connectivity index (χ0v) is 9.52. The Morgan fingerprint density at radius 2 is 2.44 bits per heavy atom. The zero-order valence-electron chi connectivity index (χ0n) is 8.76. The van der Waals surface area contributed by atoms with E-state index in [0.717, 1.165) is 0 Å². The lowest BCUT2D eigenvalue weighted by Crippen LogP contribution is -2.16. The number of hydrogen-bond acceptors (Lipinski definition) is 5. The largest absolute Gasteiger partial charge is 0.396 e. The fraction of sp³-hybridized carbons (Fsp3) is 0.444. The van der Waals surface area contributed by atoms with E-state index >= 15 is 0 Å². The minimum atomic E-state index is 0.131. The average molecular weight is 242 g/mol. The molecule has 2 rings (SSSR count). The summed E-state index contributed by atoms with van der Waals surface area (Å²) in [6.07, 6.45) is 1.42. The molecule has 0 saturated carbocycles. The van der Waals surface area contributed by atoms with Crippen LogP contribution in [0.3, 0.4) is 0 Å². The van der Waals surface area contributed by atoms with Crippen LogP contribution in [-0.4, -0.2) is 37.8 Å². The Balaban J connectivity index is 2.25. The highest BCUT2D eigenvalue weighted by Gasteiger charge is 2.07. The summed E-state index contributed by atoms with van der Waals surface area (Å²) in [5.41, 5.74) is 0. The van der Waals surface area contributed by atoms with E-state index in [1.165, 1.54) is 6.33 Å². The van der Waals surface area contributed by atoms with Gasteiger partial charge in [-0.15, -0.1) is 0 Å².